The van der Waals surface area contributed by atoms with E-state index in [1.165, 1.54) is 12.1 Å². The Morgan fingerprint density at radius 2 is 1.85 bits per heavy atom. The molecule has 3 aromatic carbocycles. The van der Waals surface area contributed by atoms with Gasteiger partial charge in [-0.2, -0.15) is 11.8 Å². The van der Waals surface area contributed by atoms with E-state index in [4.69, 9.17) is 16.4 Å². The van der Waals surface area contributed by atoms with Gasteiger partial charge < -0.3 is 4.84 Å². The fourth-order valence-electron chi connectivity index (χ4n) is 2.72. The van der Waals surface area contributed by atoms with Crippen LogP contribution in [0.4, 0.5) is 4.39 Å². The lowest BCUT2D eigenvalue weighted by molar-refractivity contribution is 0.339. The van der Waals surface area contributed by atoms with Crippen LogP contribution < -0.4 is 4.84 Å². The highest BCUT2D eigenvalue weighted by Gasteiger charge is 2.10. The Kier molecular flexibility index (Phi) is 6.54. The lowest BCUT2D eigenvalue weighted by atomic mass is 10.0. The third kappa shape index (κ3) is 4.71. The Morgan fingerprint density at radius 1 is 1.07 bits per heavy atom. The van der Waals surface area contributed by atoms with Crippen LogP contribution in [-0.2, 0) is 0 Å². The molecule has 0 aliphatic heterocycles. The van der Waals surface area contributed by atoms with E-state index in [0.29, 0.717) is 22.8 Å². The van der Waals surface area contributed by atoms with Crippen LogP contribution in [0.25, 0.3) is 11.1 Å². The van der Waals surface area contributed by atoms with Crippen molar-refractivity contribution in [3.63, 3.8) is 0 Å². The number of oxime groups is 1. The summed E-state index contributed by atoms with van der Waals surface area (Å²) < 4.78 is 13.8. The van der Waals surface area contributed by atoms with Gasteiger partial charge in [-0.3, -0.25) is 0 Å². The van der Waals surface area contributed by atoms with Crippen molar-refractivity contribution < 1.29 is 9.23 Å². The molecule has 5 heteroatoms. The molecule has 138 valence electrons. The predicted octanol–water partition coefficient (Wildman–Crippen LogP) is 6.60. The first-order valence-electron chi connectivity index (χ1n) is 8.43. The lowest BCUT2D eigenvalue weighted by Gasteiger charge is -2.11. The summed E-state index contributed by atoms with van der Waals surface area (Å²) in [5.41, 5.74) is 4.52. The van der Waals surface area contributed by atoms with Crippen molar-refractivity contribution in [3.8, 4) is 16.9 Å². The van der Waals surface area contributed by atoms with Crippen molar-refractivity contribution in [2.75, 3.05) is 12.0 Å². The maximum Gasteiger partial charge on any atom is 0.161 e. The normalized spacial score (nSPS) is 11.5. The van der Waals surface area contributed by atoms with E-state index >= 15 is 0 Å². The van der Waals surface area contributed by atoms with Crippen LogP contribution in [0.5, 0.6) is 5.75 Å². The van der Waals surface area contributed by atoms with Crippen molar-refractivity contribution in [1.29, 1.82) is 0 Å². The van der Waals surface area contributed by atoms with Crippen LogP contribution in [-0.4, -0.2) is 17.7 Å². The quantitative estimate of drug-likeness (QED) is 0.344. The van der Waals surface area contributed by atoms with E-state index in [-0.39, 0.29) is 5.02 Å². The molecule has 0 bridgehead atoms. The van der Waals surface area contributed by atoms with Crippen LogP contribution in [0, 0.1) is 12.7 Å². The summed E-state index contributed by atoms with van der Waals surface area (Å²) >= 11 is 7.37. The Bertz CT molecular complexity index is 960. The van der Waals surface area contributed by atoms with Gasteiger partial charge in [0.15, 0.2) is 5.75 Å². The maximum atomic E-state index is 13.8. The average Bonchev–Trinajstić information content (AvgIpc) is 2.69. The predicted molar refractivity (Wildman–Crippen MR) is 114 cm³/mol. The topological polar surface area (TPSA) is 21.6 Å². The van der Waals surface area contributed by atoms with Crippen LogP contribution in [0.3, 0.4) is 0 Å². The van der Waals surface area contributed by atoms with Gasteiger partial charge in [-0.25, -0.2) is 4.39 Å². The zero-order chi connectivity index (χ0) is 19.2. The summed E-state index contributed by atoms with van der Waals surface area (Å²) in [6.07, 6.45) is 1.96. The highest BCUT2D eigenvalue weighted by atomic mass is 35.5. The standard InChI is InChI=1S/C22H19ClFNOS/c1-15-18(16-7-4-3-5-8-16)9-6-10-22(15)26-25-21(14-27-2)17-11-12-19(23)20(24)13-17/h3-13H,14H2,1-2H3/b25-21+. The molecule has 27 heavy (non-hydrogen) atoms. The molecule has 0 unspecified atom stereocenters. The summed E-state index contributed by atoms with van der Waals surface area (Å²) in [6, 6.07) is 20.7. The summed E-state index contributed by atoms with van der Waals surface area (Å²) in [5.74, 6) is 0.799. The highest BCUT2D eigenvalue weighted by Crippen LogP contribution is 2.30. The van der Waals surface area contributed by atoms with Crippen molar-refractivity contribution >= 4 is 29.1 Å². The second kappa shape index (κ2) is 9.07. The molecule has 3 rings (SSSR count). The van der Waals surface area contributed by atoms with E-state index < -0.39 is 5.82 Å². The van der Waals surface area contributed by atoms with E-state index in [1.807, 2.05) is 43.5 Å². The van der Waals surface area contributed by atoms with E-state index in [1.54, 1.807) is 17.8 Å². The molecule has 0 aliphatic carbocycles. The van der Waals surface area contributed by atoms with Crippen LogP contribution in [0.2, 0.25) is 5.02 Å². The Morgan fingerprint density at radius 3 is 2.56 bits per heavy atom. The largest absolute Gasteiger partial charge is 0.356 e. The molecule has 0 aliphatic rings. The van der Waals surface area contributed by atoms with Gasteiger partial charge in [-0.1, -0.05) is 65.3 Å². The molecule has 2 nitrogen and oxygen atoms in total. The van der Waals surface area contributed by atoms with E-state index in [9.17, 15) is 4.39 Å². The van der Waals surface area contributed by atoms with Crippen LogP contribution in [0.15, 0.2) is 71.9 Å². The van der Waals surface area contributed by atoms with Gasteiger partial charge in [-0.15, -0.1) is 0 Å². The molecule has 0 heterocycles. The zero-order valence-corrected chi connectivity index (χ0v) is 16.7. The number of halogens is 2. The average molecular weight is 400 g/mol. The third-order valence-corrected chi connectivity index (χ3v) is 5.03. The molecule has 0 amide bonds. The van der Waals surface area contributed by atoms with Gasteiger partial charge in [0.2, 0.25) is 0 Å². The first kappa shape index (κ1) is 19.5. The second-order valence-corrected chi connectivity index (χ2v) is 7.26. The number of hydrogen-bond acceptors (Lipinski definition) is 3. The number of rotatable bonds is 6. The number of benzene rings is 3. The van der Waals surface area contributed by atoms with Gasteiger partial charge in [0.05, 0.1) is 10.7 Å². The first-order valence-corrected chi connectivity index (χ1v) is 10.2. The Labute approximate surface area is 168 Å². The van der Waals surface area contributed by atoms with Crippen LogP contribution in [0.1, 0.15) is 11.1 Å². The fourth-order valence-corrected chi connectivity index (χ4v) is 3.33. The summed E-state index contributed by atoms with van der Waals surface area (Å²) in [5, 5.41) is 4.40. The summed E-state index contributed by atoms with van der Waals surface area (Å²) in [7, 11) is 0. The van der Waals surface area contributed by atoms with Gasteiger partial charge in [0, 0.05) is 16.9 Å². The summed E-state index contributed by atoms with van der Waals surface area (Å²) in [4.78, 5) is 5.76. The minimum absolute atomic E-state index is 0.0922. The maximum absolute atomic E-state index is 13.8. The molecule has 0 atom stereocenters. The van der Waals surface area contributed by atoms with E-state index in [2.05, 4.69) is 23.4 Å². The third-order valence-electron chi connectivity index (χ3n) is 4.16. The van der Waals surface area contributed by atoms with Crippen molar-refractivity contribution in [1.82, 2.24) is 0 Å². The molecule has 0 fully saturated rings. The van der Waals surface area contributed by atoms with Crippen molar-refractivity contribution in [3.05, 3.63) is 88.7 Å². The Hall–Kier alpha value is -2.30. The molecule has 0 aromatic heterocycles. The minimum atomic E-state index is -0.467. The monoisotopic (exact) mass is 399 g/mol. The number of hydrogen-bond donors (Lipinski definition) is 0. The van der Waals surface area contributed by atoms with Gasteiger partial charge >= 0.3 is 0 Å². The van der Waals surface area contributed by atoms with Gasteiger partial charge in [0.25, 0.3) is 0 Å². The molecular formula is C22H19ClFNOS. The Balaban J connectivity index is 1.92. The smallest absolute Gasteiger partial charge is 0.161 e. The lowest BCUT2D eigenvalue weighted by Crippen LogP contribution is -2.07. The zero-order valence-electron chi connectivity index (χ0n) is 15.1. The molecule has 0 spiro atoms. The van der Waals surface area contributed by atoms with Gasteiger partial charge in [-0.05, 0) is 42.5 Å². The second-order valence-electron chi connectivity index (χ2n) is 5.99. The number of thioether (sulfide) groups is 1. The SMILES string of the molecule is CSC/C(=N\Oc1cccc(-c2ccccc2)c1C)c1ccc(Cl)c(F)c1. The van der Waals surface area contributed by atoms with Gasteiger partial charge in [0.1, 0.15) is 5.82 Å². The molecule has 0 saturated carbocycles. The van der Waals surface area contributed by atoms with Crippen molar-refractivity contribution in [2.45, 2.75) is 6.92 Å². The van der Waals surface area contributed by atoms with Crippen molar-refractivity contribution in [2.24, 2.45) is 5.16 Å². The molecule has 0 saturated heterocycles. The van der Waals surface area contributed by atoms with E-state index in [0.717, 1.165) is 16.7 Å². The minimum Gasteiger partial charge on any atom is -0.356 e. The molecule has 0 N–H and O–H groups in total. The first-order chi connectivity index (χ1) is 13.1. The molecule has 3 aromatic rings. The van der Waals surface area contributed by atoms with Crippen LogP contribution >= 0.6 is 23.4 Å². The summed E-state index contributed by atoms with van der Waals surface area (Å²) in [6.45, 7) is 2.00. The molecule has 0 radical (unpaired) electrons. The fraction of sp³-hybridized carbons (Fsp3) is 0.136. The number of nitrogens with zero attached hydrogens (tertiary/aromatic N) is 1. The molecular weight excluding hydrogens is 381 g/mol. The highest BCUT2D eigenvalue weighted by molar-refractivity contribution is 7.99.